The van der Waals surface area contributed by atoms with E-state index >= 15 is 0 Å². The van der Waals surface area contributed by atoms with Gasteiger partial charge in [0.1, 0.15) is 0 Å². The van der Waals surface area contributed by atoms with Crippen molar-refractivity contribution in [2.24, 2.45) is 0 Å². The fourth-order valence-corrected chi connectivity index (χ4v) is 2.03. The van der Waals surface area contributed by atoms with Gasteiger partial charge in [-0.25, -0.2) is 0 Å². The van der Waals surface area contributed by atoms with Crippen LogP contribution in [0.5, 0.6) is 0 Å². The van der Waals surface area contributed by atoms with Crippen LogP contribution in [0.1, 0.15) is 26.3 Å². The second-order valence-electron chi connectivity index (χ2n) is 3.73. The minimum Gasteiger partial charge on any atom is -0.458 e. The zero-order valence-corrected chi connectivity index (χ0v) is 13.4. The maximum Gasteiger partial charge on any atom is 0.689 e. The first-order valence-electron chi connectivity index (χ1n) is 6.04. The van der Waals surface area contributed by atoms with Crippen molar-refractivity contribution in [1.82, 2.24) is 0 Å². The molecule has 0 aliphatic rings. The molecule has 0 aromatic heterocycles. The molecule has 114 valence electrons. The van der Waals surface area contributed by atoms with Crippen LogP contribution in [0.25, 0.3) is 6.08 Å². The van der Waals surface area contributed by atoms with E-state index in [2.05, 4.69) is 19.9 Å². The van der Waals surface area contributed by atoms with Gasteiger partial charge in [-0.3, -0.25) is 14.4 Å². The van der Waals surface area contributed by atoms with E-state index in [0.717, 1.165) is 20.8 Å². The molecule has 0 spiro atoms. The highest BCUT2D eigenvalue weighted by molar-refractivity contribution is 6.43. The molecule has 0 radical (unpaired) electrons. The quantitative estimate of drug-likeness (QED) is 0.788. The molecule has 1 aromatic rings. The Morgan fingerprint density at radius 1 is 0.905 bits per heavy atom. The lowest BCUT2D eigenvalue weighted by molar-refractivity contribution is -0.144. The zero-order chi connectivity index (χ0) is 16.3. The molecule has 1 aromatic carbocycles. The van der Waals surface area contributed by atoms with Crippen molar-refractivity contribution in [1.29, 1.82) is 0 Å². The van der Waals surface area contributed by atoms with Gasteiger partial charge in [-0.15, -0.1) is 0 Å². The summed E-state index contributed by atoms with van der Waals surface area (Å²) < 4.78 is 13.5. The molecule has 0 atom stereocenters. The van der Waals surface area contributed by atoms with Crippen LogP contribution >= 0.6 is 0 Å². The molecule has 0 aliphatic heterocycles. The number of hydrogen-bond acceptors (Lipinski definition) is 6. The summed E-state index contributed by atoms with van der Waals surface area (Å²) in [6, 6.07) is 10.0. The Morgan fingerprint density at radius 2 is 1.29 bits per heavy atom. The Labute approximate surface area is 125 Å². The largest absolute Gasteiger partial charge is 0.689 e. The van der Waals surface area contributed by atoms with Crippen molar-refractivity contribution < 1.29 is 27.7 Å². The molecule has 1 rings (SSSR count). The first-order valence-corrected chi connectivity index (χ1v) is 7.45. The van der Waals surface area contributed by atoms with Gasteiger partial charge in [-0.05, 0) is 5.56 Å². The van der Waals surface area contributed by atoms with Gasteiger partial charge in [0, 0.05) is 20.8 Å². The topological polar surface area (TPSA) is 78.9 Å². The maximum absolute atomic E-state index is 10.4. The lowest BCUT2D eigenvalue weighted by atomic mass is 10.2. The first-order chi connectivity index (χ1) is 9.85. The van der Waals surface area contributed by atoms with Gasteiger partial charge in [0.2, 0.25) is 0 Å². The zero-order valence-electron chi connectivity index (χ0n) is 12.2. The second kappa shape index (κ2) is 10.4. The summed E-state index contributed by atoms with van der Waals surface area (Å²) in [7, 11) is -2.96. The van der Waals surface area contributed by atoms with E-state index in [1.54, 1.807) is 0 Å². The minimum atomic E-state index is -2.96. The Hall–Kier alpha value is -2.41. The third kappa shape index (κ3) is 11.1. The third-order valence-electron chi connectivity index (χ3n) is 1.82. The highest BCUT2D eigenvalue weighted by atomic mass is 28.3. The number of carbonyl (C=O) groups is 3. The average Bonchev–Trinajstić information content (AvgIpc) is 2.38. The SMILES string of the molecule is C=Cc1ccccc1.CC(=O)O[SiH](OC(C)=O)OC(C)=O. The lowest BCUT2D eigenvalue weighted by Gasteiger charge is -2.12. The molecule has 0 fully saturated rings. The highest BCUT2D eigenvalue weighted by Gasteiger charge is 2.25. The molecule has 6 nitrogen and oxygen atoms in total. The Balaban J connectivity index is 0.000000423. The average molecular weight is 310 g/mol. The van der Waals surface area contributed by atoms with Gasteiger partial charge in [-0.2, -0.15) is 0 Å². The van der Waals surface area contributed by atoms with Crippen LogP contribution in [0, 0.1) is 0 Å². The smallest absolute Gasteiger partial charge is 0.458 e. The maximum atomic E-state index is 10.4. The summed E-state index contributed by atoms with van der Waals surface area (Å²) in [5.74, 6) is -1.96. The van der Waals surface area contributed by atoms with Crippen LogP contribution in [-0.2, 0) is 27.7 Å². The van der Waals surface area contributed by atoms with Crippen molar-refractivity contribution in [2.75, 3.05) is 0 Å². The molecule has 0 saturated carbocycles. The van der Waals surface area contributed by atoms with Gasteiger partial charge in [0.05, 0.1) is 0 Å². The highest BCUT2D eigenvalue weighted by Crippen LogP contribution is 1.97. The molecule has 21 heavy (non-hydrogen) atoms. The summed E-state index contributed by atoms with van der Waals surface area (Å²) in [6.45, 7) is 7.03. The van der Waals surface area contributed by atoms with Gasteiger partial charge < -0.3 is 13.3 Å². The summed E-state index contributed by atoms with van der Waals surface area (Å²) in [5, 5.41) is 0. The Bertz CT molecular complexity index is 447. The second-order valence-corrected chi connectivity index (χ2v) is 5.02. The Morgan fingerprint density at radius 3 is 1.52 bits per heavy atom. The Kier molecular flexibility index (Phi) is 9.19. The van der Waals surface area contributed by atoms with Crippen LogP contribution in [0.15, 0.2) is 36.9 Å². The fourth-order valence-electron chi connectivity index (χ4n) is 1.07. The first kappa shape index (κ1) is 18.6. The van der Waals surface area contributed by atoms with Gasteiger partial charge in [0.15, 0.2) is 0 Å². The summed E-state index contributed by atoms with van der Waals surface area (Å²) in [5.41, 5.74) is 1.17. The van der Waals surface area contributed by atoms with Crippen molar-refractivity contribution in [3.05, 3.63) is 42.5 Å². The number of hydrogen-bond donors (Lipinski definition) is 0. The predicted molar refractivity (Wildman–Crippen MR) is 79.0 cm³/mol. The molecule has 0 N–H and O–H groups in total. The molecule has 7 heteroatoms. The van der Waals surface area contributed by atoms with E-state index in [4.69, 9.17) is 0 Å². The van der Waals surface area contributed by atoms with Crippen LogP contribution in [-0.4, -0.2) is 27.4 Å². The molecule has 0 amide bonds. The molecule has 0 aliphatic carbocycles. The van der Waals surface area contributed by atoms with E-state index < -0.39 is 27.4 Å². The van der Waals surface area contributed by atoms with E-state index in [1.807, 2.05) is 36.4 Å². The van der Waals surface area contributed by atoms with E-state index in [-0.39, 0.29) is 0 Å². The summed E-state index contributed by atoms with van der Waals surface area (Å²) >= 11 is 0. The van der Waals surface area contributed by atoms with E-state index in [9.17, 15) is 14.4 Å². The van der Waals surface area contributed by atoms with Crippen molar-refractivity contribution in [3.8, 4) is 0 Å². The normalized spacial score (nSPS) is 8.95. The van der Waals surface area contributed by atoms with Crippen LogP contribution < -0.4 is 0 Å². The molecule has 0 unspecified atom stereocenters. The van der Waals surface area contributed by atoms with Crippen molar-refractivity contribution in [2.45, 2.75) is 20.8 Å². The molecular weight excluding hydrogens is 292 g/mol. The predicted octanol–water partition coefficient (Wildman–Crippen LogP) is 1.72. The third-order valence-corrected chi connectivity index (χ3v) is 3.39. The van der Waals surface area contributed by atoms with Crippen molar-refractivity contribution >= 4 is 33.5 Å². The van der Waals surface area contributed by atoms with Crippen molar-refractivity contribution in [3.63, 3.8) is 0 Å². The number of benzene rings is 1. The standard InChI is InChI=1S/C8H8.C6H10O6Si/c1-2-8-6-4-3-5-7-8;1-4(7)10-13(11-5(2)8)12-6(3)9/h2-7H,1H2;13H,1-3H3. The van der Waals surface area contributed by atoms with Gasteiger partial charge >= 0.3 is 9.53 Å². The summed E-state index contributed by atoms with van der Waals surface area (Å²) in [6.07, 6.45) is 1.83. The molecule has 0 bridgehead atoms. The van der Waals surface area contributed by atoms with Gasteiger partial charge in [-0.1, -0.05) is 43.0 Å². The monoisotopic (exact) mass is 310 g/mol. The van der Waals surface area contributed by atoms with E-state index in [0.29, 0.717) is 0 Å². The fraction of sp³-hybridized carbons (Fsp3) is 0.214. The lowest BCUT2D eigenvalue weighted by Crippen LogP contribution is -2.32. The van der Waals surface area contributed by atoms with E-state index in [1.165, 1.54) is 5.56 Å². The summed E-state index contributed by atoms with van der Waals surface area (Å²) in [4.78, 5) is 31.3. The number of carbonyl (C=O) groups excluding carboxylic acids is 3. The molecular formula is C14H18O6Si. The van der Waals surface area contributed by atoms with Crippen LogP contribution in [0.3, 0.4) is 0 Å². The minimum absolute atomic E-state index is 0.654. The van der Waals surface area contributed by atoms with Gasteiger partial charge in [0.25, 0.3) is 17.9 Å². The van der Waals surface area contributed by atoms with Crippen LogP contribution in [0.2, 0.25) is 0 Å². The molecule has 0 saturated heterocycles. The van der Waals surface area contributed by atoms with Crippen LogP contribution in [0.4, 0.5) is 0 Å². The number of rotatable bonds is 4. The molecule has 0 heterocycles.